The molecule has 0 aliphatic heterocycles. The van der Waals surface area contributed by atoms with Crippen molar-refractivity contribution < 1.29 is 15.0 Å². The number of aliphatic hydroxyl groups excluding tert-OH is 1. The highest BCUT2D eigenvalue weighted by atomic mass is 16.4. The van der Waals surface area contributed by atoms with Crippen LogP contribution < -0.4 is 0 Å². The van der Waals surface area contributed by atoms with E-state index in [0.717, 1.165) is 0 Å². The van der Waals surface area contributed by atoms with Crippen molar-refractivity contribution in [1.82, 2.24) is 20.6 Å². The first-order valence-corrected chi connectivity index (χ1v) is 2.83. The molecule has 1 aromatic rings. The van der Waals surface area contributed by atoms with Crippen molar-refractivity contribution in [3.8, 4) is 0 Å². The number of carboxylic acids is 1. The van der Waals surface area contributed by atoms with Crippen molar-refractivity contribution in [1.29, 1.82) is 0 Å². The number of nitrogens with one attached hydrogen (secondary N) is 1. The van der Waals surface area contributed by atoms with Gasteiger partial charge in [-0.25, -0.2) is 0 Å². The highest BCUT2D eigenvalue weighted by Crippen LogP contribution is 2.08. The van der Waals surface area contributed by atoms with E-state index in [-0.39, 0.29) is 5.82 Å². The van der Waals surface area contributed by atoms with Gasteiger partial charge in [0.05, 0.1) is 6.42 Å². The van der Waals surface area contributed by atoms with Crippen LogP contribution in [0.3, 0.4) is 0 Å². The fourth-order valence-corrected chi connectivity index (χ4v) is 0.567. The summed E-state index contributed by atoms with van der Waals surface area (Å²) in [4.78, 5) is 10.1. The Hall–Kier alpha value is -1.50. The van der Waals surface area contributed by atoms with Gasteiger partial charge in [0.15, 0.2) is 0 Å². The van der Waals surface area contributed by atoms with Crippen LogP contribution in [0, 0.1) is 0 Å². The molecule has 1 atom stereocenters. The van der Waals surface area contributed by atoms with Gasteiger partial charge in [-0.2, -0.15) is 5.21 Å². The fourth-order valence-electron chi connectivity index (χ4n) is 0.567. The quantitative estimate of drug-likeness (QED) is 0.504. The monoisotopic (exact) mass is 158 g/mol. The van der Waals surface area contributed by atoms with Crippen LogP contribution in [0.5, 0.6) is 0 Å². The zero-order chi connectivity index (χ0) is 8.27. The van der Waals surface area contributed by atoms with Gasteiger partial charge in [0.25, 0.3) is 0 Å². The normalized spacial score (nSPS) is 12.8. The number of hydrogen-bond donors (Lipinski definition) is 3. The van der Waals surface area contributed by atoms with Gasteiger partial charge in [-0.1, -0.05) is 5.21 Å². The minimum Gasteiger partial charge on any atom is -0.481 e. The van der Waals surface area contributed by atoms with Crippen LogP contribution in [-0.2, 0) is 4.79 Å². The minimum absolute atomic E-state index is 0.00704. The SMILES string of the molecule is O=C(O)CC(O)c1nn[nH]n1. The van der Waals surface area contributed by atoms with E-state index in [0.29, 0.717) is 0 Å². The number of aromatic nitrogens is 4. The Balaban J connectivity index is 2.56. The van der Waals surface area contributed by atoms with E-state index in [1.165, 1.54) is 0 Å². The molecule has 3 N–H and O–H groups in total. The molecule has 0 aliphatic carbocycles. The maximum Gasteiger partial charge on any atom is 0.306 e. The average Bonchev–Trinajstić information content (AvgIpc) is 2.35. The predicted molar refractivity (Wildman–Crippen MR) is 31.4 cm³/mol. The Bertz CT molecular complexity index is 233. The van der Waals surface area contributed by atoms with Crippen molar-refractivity contribution in [2.45, 2.75) is 12.5 Å². The van der Waals surface area contributed by atoms with Crippen LogP contribution in [0.4, 0.5) is 0 Å². The molecule has 1 unspecified atom stereocenters. The lowest BCUT2D eigenvalue weighted by molar-refractivity contribution is -0.139. The summed E-state index contributed by atoms with van der Waals surface area (Å²) in [6.45, 7) is 0. The largest absolute Gasteiger partial charge is 0.481 e. The first-order chi connectivity index (χ1) is 5.20. The third-order valence-electron chi connectivity index (χ3n) is 1.03. The van der Waals surface area contributed by atoms with Crippen molar-refractivity contribution in [2.75, 3.05) is 0 Å². The molecule has 0 saturated carbocycles. The Morgan fingerprint density at radius 1 is 1.73 bits per heavy atom. The summed E-state index contributed by atoms with van der Waals surface area (Å²) in [5.41, 5.74) is 0. The number of nitrogens with zero attached hydrogens (tertiary/aromatic N) is 3. The molecule has 0 spiro atoms. The number of aromatic amines is 1. The highest BCUT2D eigenvalue weighted by molar-refractivity contribution is 5.67. The molecule has 0 fully saturated rings. The van der Waals surface area contributed by atoms with E-state index < -0.39 is 18.5 Å². The lowest BCUT2D eigenvalue weighted by Gasteiger charge is -1.99. The summed E-state index contributed by atoms with van der Waals surface area (Å²) in [5.74, 6) is -1.12. The van der Waals surface area contributed by atoms with E-state index >= 15 is 0 Å². The van der Waals surface area contributed by atoms with E-state index in [4.69, 9.17) is 10.2 Å². The molecule has 11 heavy (non-hydrogen) atoms. The summed E-state index contributed by atoms with van der Waals surface area (Å²) >= 11 is 0. The first kappa shape index (κ1) is 7.61. The molecule has 0 saturated heterocycles. The predicted octanol–water partition coefficient (Wildman–Crippen LogP) is -1.29. The number of tetrazole rings is 1. The topological polar surface area (TPSA) is 112 Å². The highest BCUT2D eigenvalue weighted by Gasteiger charge is 2.15. The molecule has 7 heteroatoms. The van der Waals surface area contributed by atoms with Crippen LogP contribution in [-0.4, -0.2) is 36.8 Å². The molecule has 7 nitrogen and oxygen atoms in total. The molecular weight excluding hydrogens is 152 g/mol. The number of carboxylic acid groups (broad SMARTS) is 1. The van der Waals surface area contributed by atoms with Crippen molar-refractivity contribution >= 4 is 5.97 Å². The number of aliphatic hydroxyl groups is 1. The zero-order valence-electron chi connectivity index (χ0n) is 5.43. The van der Waals surface area contributed by atoms with Crippen molar-refractivity contribution in [3.63, 3.8) is 0 Å². The summed E-state index contributed by atoms with van der Waals surface area (Å²) in [5, 5.41) is 29.3. The van der Waals surface area contributed by atoms with Crippen LogP contribution in [0.15, 0.2) is 0 Å². The van der Waals surface area contributed by atoms with Gasteiger partial charge < -0.3 is 10.2 Å². The Kier molecular flexibility index (Phi) is 2.12. The molecule has 0 aliphatic rings. The van der Waals surface area contributed by atoms with Crippen molar-refractivity contribution in [2.24, 2.45) is 0 Å². The minimum atomic E-state index is -1.19. The lowest BCUT2D eigenvalue weighted by atomic mass is 10.2. The van der Waals surface area contributed by atoms with Crippen LogP contribution in [0.2, 0.25) is 0 Å². The first-order valence-electron chi connectivity index (χ1n) is 2.83. The van der Waals surface area contributed by atoms with Crippen LogP contribution >= 0.6 is 0 Å². The fraction of sp³-hybridized carbons (Fsp3) is 0.500. The Morgan fingerprint density at radius 3 is 2.91 bits per heavy atom. The molecule has 0 radical (unpaired) electrons. The van der Waals surface area contributed by atoms with Gasteiger partial charge in [0.2, 0.25) is 5.82 Å². The lowest BCUT2D eigenvalue weighted by Crippen LogP contribution is -2.06. The zero-order valence-corrected chi connectivity index (χ0v) is 5.43. The maximum atomic E-state index is 10.1. The standard InChI is InChI=1S/C4H6N4O3/c9-2(1-3(10)11)4-5-7-8-6-4/h2,9H,1H2,(H,10,11)(H,5,6,7,8). The molecule has 0 amide bonds. The second kappa shape index (κ2) is 3.06. The third kappa shape index (κ3) is 1.97. The summed E-state index contributed by atoms with van der Waals surface area (Å²) in [6.07, 6.45) is -1.61. The Labute approximate surface area is 61.0 Å². The number of H-pyrrole nitrogens is 1. The smallest absolute Gasteiger partial charge is 0.306 e. The molecule has 0 aromatic carbocycles. The molecule has 1 rings (SSSR count). The number of carbonyl (C=O) groups is 1. The van der Waals surface area contributed by atoms with Gasteiger partial charge in [-0.15, -0.1) is 10.2 Å². The number of aliphatic carboxylic acids is 1. The van der Waals surface area contributed by atoms with E-state index in [2.05, 4.69) is 20.6 Å². The summed E-state index contributed by atoms with van der Waals surface area (Å²) in [7, 11) is 0. The second-order valence-electron chi connectivity index (χ2n) is 1.88. The van der Waals surface area contributed by atoms with Crippen LogP contribution in [0.1, 0.15) is 18.3 Å². The number of hydrogen-bond acceptors (Lipinski definition) is 5. The van der Waals surface area contributed by atoms with Gasteiger partial charge in [0, 0.05) is 0 Å². The molecule has 1 aromatic heterocycles. The van der Waals surface area contributed by atoms with E-state index in [1.54, 1.807) is 0 Å². The number of rotatable bonds is 3. The summed E-state index contributed by atoms with van der Waals surface area (Å²) < 4.78 is 0. The van der Waals surface area contributed by atoms with Gasteiger partial charge >= 0.3 is 5.97 Å². The van der Waals surface area contributed by atoms with Gasteiger partial charge in [-0.3, -0.25) is 4.79 Å². The second-order valence-corrected chi connectivity index (χ2v) is 1.88. The molecule has 0 bridgehead atoms. The molecule has 1 heterocycles. The Morgan fingerprint density at radius 2 is 2.45 bits per heavy atom. The van der Waals surface area contributed by atoms with Gasteiger partial charge in [-0.05, 0) is 0 Å². The average molecular weight is 158 g/mol. The molecular formula is C4H6N4O3. The van der Waals surface area contributed by atoms with Crippen LogP contribution in [0.25, 0.3) is 0 Å². The summed E-state index contributed by atoms with van der Waals surface area (Å²) in [6, 6.07) is 0. The third-order valence-corrected chi connectivity index (χ3v) is 1.03. The van der Waals surface area contributed by atoms with E-state index in [1.807, 2.05) is 0 Å². The van der Waals surface area contributed by atoms with Crippen molar-refractivity contribution in [3.05, 3.63) is 5.82 Å². The maximum absolute atomic E-state index is 10.1. The van der Waals surface area contributed by atoms with Gasteiger partial charge in [0.1, 0.15) is 6.10 Å². The molecule has 60 valence electrons. The van der Waals surface area contributed by atoms with E-state index in [9.17, 15) is 4.79 Å².